The van der Waals surface area contributed by atoms with Crippen molar-refractivity contribution in [2.24, 2.45) is 13.0 Å². The van der Waals surface area contributed by atoms with E-state index in [1.165, 1.54) is 0 Å². The monoisotopic (exact) mass is 248 g/mol. The summed E-state index contributed by atoms with van der Waals surface area (Å²) >= 11 is 0. The van der Waals surface area contributed by atoms with Crippen LogP contribution in [-0.2, 0) is 13.5 Å². The molecule has 1 aliphatic rings. The van der Waals surface area contributed by atoms with Crippen molar-refractivity contribution in [2.45, 2.75) is 31.8 Å². The van der Waals surface area contributed by atoms with Gasteiger partial charge in [0.15, 0.2) is 5.82 Å². The molecule has 96 valence electrons. The largest absolute Gasteiger partial charge is 0.386 e. The van der Waals surface area contributed by atoms with Gasteiger partial charge >= 0.3 is 0 Å². The summed E-state index contributed by atoms with van der Waals surface area (Å²) in [6.45, 7) is 2.17. The summed E-state index contributed by atoms with van der Waals surface area (Å²) in [5, 5.41) is 18.1. The topological polar surface area (TPSA) is 77.0 Å². The molecule has 0 spiro atoms. The van der Waals surface area contributed by atoms with E-state index < -0.39 is 6.10 Å². The van der Waals surface area contributed by atoms with Crippen LogP contribution in [0, 0.1) is 5.92 Å². The number of aliphatic hydroxyl groups excluding tert-OH is 1. The molecule has 0 saturated heterocycles. The van der Waals surface area contributed by atoms with Crippen LogP contribution in [0.25, 0.3) is 0 Å². The third kappa shape index (κ3) is 2.03. The highest BCUT2D eigenvalue weighted by Gasteiger charge is 2.38. The number of aryl methyl sites for hydroxylation is 1. The van der Waals surface area contributed by atoms with Gasteiger partial charge in [0.05, 0.1) is 12.1 Å². The lowest BCUT2D eigenvalue weighted by molar-refractivity contribution is 0.155. The molecule has 0 bridgehead atoms. The second kappa shape index (κ2) is 4.20. The molecule has 0 radical (unpaired) electrons. The first-order valence-electron chi connectivity index (χ1n) is 6.13. The van der Waals surface area contributed by atoms with E-state index in [1.54, 1.807) is 24.0 Å². The van der Waals surface area contributed by atoms with Gasteiger partial charge in [-0.15, -0.1) is 0 Å². The van der Waals surface area contributed by atoms with Crippen molar-refractivity contribution in [3.05, 3.63) is 29.7 Å². The number of aromatic nitrogens is 4. The van der Waals surface area contributed by atoms with Gasteiger partial charge in [-0.25, -0.2) is 0 Å². The summed E-state index contributed by atoms with van der Waals surface area (Å²) in [7, 11) is 1.80. The molecule has 6 heteroatoms. The number of nitrogens with zero attached hydrogens (tertiary/aromatic N) is 4. The van der Waals surface area contributed by atoms with Crippen LogP contribution in [-0.4, -0.2) is 25.0 Å². The molecule has 3 rings (SSSR count). The second-order valence-electron chi connectivity index (χ2n) is 4.97. The third-order valence-electron chi connectivity index (χ3n) is 3.49. The molecule has 2 aromatic heterocycles. The molecule has 1 fully saturated rings. The molecular formula is C12H16N4O2. The van der Waals surface area contributed by atoms with Crippen LogP contribution in [0.1, 0.15) is 42.8 Å². The fraction of sp³-hybridized carbons (Fsp3) is 0.583. The lowest BCUT2D eigenvalue weighted by atomic mass is 10.2. The van der Waals surface area contributed by atoms with Crippen molar-refractivity contribution in [3.8, 4) is 0 Å². The van der Waals surface area contributed by atoms with Crippen LogP contribution < -0.4 is 0 Å². The van der Waals surface area contributed by atoms with Crippen molar-refractivity contribution < 1.29 is 9.63 Å². The predicted molar refractivity (Wildman–Crippen MR) is 62.7 cm³/mol. The zero-order chi connectivity index (χ0) is 12.7. The highest BCUT2D eigenvalue weighted by Crippen LogP contribution is 2.45. The summed E-state index contributed by atoms with van der Waals surface area (Å²) < 4.78 is 6.82. The zero-order valence-corrected chi connectivity index (χ0v) is 10.4. The van der Waals surface area contributed by atoms with Gasteiger partial charge in [0, 0.05) is 19.2 Å². The number of rotatable bonds is 4. The van der Waals surface area contributed by atoms with Crippen molar-refractivity contribution in [3.63, 3.8) is 0 Å². The fourth-order valence-corrected chi connectivity index (χ4v) is 2.16. The first-order chi connectivity index (χ1) is 8.65. The van der Waals surface area contributed by atoms with E-state index in [0.717, 1.165) is 17.9 Å². The lowest BCUT2D eigenvalue weighted by Crippen LogP contribution is -2.08. The van der Waals surface area contributed by atoms with Crippen molar-refractivity contribution in [2.75, 3.05) is 0 Å². The van der Waals surface area contributed by atoms with Gasteiger partial charge in [-0.05, 0) is 18.4 Å². The molecule has 0 amide bonds. The molecule has 2 heterocycles. The molecule has 1 saturated carbocycles. The van der Waals surface area contributed by atoms with Gasteiger partial charge in [0.2, 0.25) is 5.89 Å². The minimum absolute atomic E-state index is 0.327. The van der Waals surface area contributed by atoms with Crippen LogP contribution in [0.4, 0.5) is 0 Å². The summed E-state index contributed by atoms with van der Waals surface area (Å²) in [6, 6.07) is 1.78. The Bertz CT molecular complexity index is 548. The minimum atomic E-state index is -0.664. The Morgan fingerprint density at radius 2 is 2.39 bits per heavy atom. The quantitative estimate of drug-likeness (QED) is 0.879. The average Bonchev–Trinajstić information content (AvgIpc) is 2.78. The van der Waals surface area contributed by atoms with E-state index >= 15 is 0 Å². The molecular weight excluding hydrogens is 232 g/mol. The molecule has 3 atom stereocenters. The second-order valence-corrected chi connectivity index (χ2v) is 4.97. The van der Waals surface area contributed by atoms with Gasteiger partial charge in [-0.1, -0.05) is 12.1 Å². The van der Waals surface area contributed by atoms with Gasteiger partial charge in [0.1, 0.15) is 6.10 Å². The van der Waals surface area contributed by atoms with E-state index in [2.05, 4.69) is 22.2 Å². The Balaban J connectivity index is 1.69. The number of aliphatic hydroxyl groups is 1. The van der Waals surface area contributed by atoms with E-state index in [9.17, 15) is 5.11 Å². The third-order valence-corrected chi connectivity index (χ3v) is 3.49. The first-order valence-corrected chi connectivity index (χ1v) is 6.13. The molecule has 6 nitrogen and oxygen atoms in total. The van der Waals surface area contributed by atoms with Crippen LogP contribution in [0.2, 0.25) is 0 Å². The lowest BCUT2D eigenvalue weighted by Gasteiger charge is -2.07. The fourth-order valence-electron chi connectivity index (χ4n) is 2.16. The summed E-state index contributed by atoms with van der Waals surface area (Å²) in [6.07, 6.45) is 2.45. The Hall–Kier alpha value is -1.69. The molecule has 1 N–H and O–H groups in total. The maximum absolute atomic E-state index is 10.1. The summed E-state index contributed by atoms with van der Waals surface area (Å²) in [4.78, 5) is 4.33. The molecule has 1 aliphatic carbocycles. The SMILES string of the molecule is CC1CC1c1noc(CC(O)c2ccnn2C)n1. The van der Waals surface area contributed by atoms with Gasteiger partial charge in [-0.3, -0.25) is 4.68 Å². The first kappa shape index (κ1) is 11.4. The molecule has 0 aliphatic heterocycles. The smallest absolute Gasteiger partial charge is 0.229 e. The zero-order valence-electron chi connectivity index (χ0n) is 10.4. The van der Waals surface area contributed by atoms with Crippen LogP contribution in [0.5, 0.6) is 0 Å². The maximum atomic E-state index is 10.1. The van der Waals surface area contributed by atoms with Gasteiger partial charge in [0.25, 0.3) is 0 Å². The van der Waals surface area contributed by atoms with Crippen molar-refractivity contribution in [1.82, 2.24) is 19.9 Å². The molecule has 3 unspecified atom stereocenters. The van der Waals surface area contributed by atoms with Crippen LogP contribution in [0.15, 0.2) is 16.8 Å². The summed E-state index contributed by atoms with van der Waals surface area (Å²) in [5.41, 5.74) is 0.745. The maximum Gasteiger partial charge on any atom is 0.229 e. The summed E-state index contributed by atoms with van der Waals surface area (Å²) in [5.74, 6) is 2.35. The molecule has 18 heavy (non-hydrogen) atoms. The Labute approximate surface area is 105 Å². The Kier molecular flexibility index (Phi) is 2.66. The van der Waals surface area contributed by atoms with Gasteiger partial charge in [-0.2, -0.15) is 10.1 Å². The van der Waals surface area contributed by atoms with Crippen LogP contribution in [0.3, 0.4) is 0 Å². The highest BCUT2D eigenvalue weighted by atomic mass is 16.5. The standard InChI is InChI=1S/C12H16N4O2/c1-7-5-8(7)12-14-11(18-15-12)6-10(17)9-3-4-13-16(9)2/h3-4,7-8,10,17H,5-6H2,1-2H3. The molecule has 2 aromatic rings. The number of hydrogen-bond donors (Lipinski definition) is 1. The average molecular weight is 248 g/mol. The Morgan fingerprint density at radius 1 is 1.61 bits per heavy atom. The normalized spacial score (nSPS) is 24.2. The van der Waals surface area contributed by atoms with Crippen molar-refractivity contribution in [1.29, 1.82) is 0 Å². The van der Waals surface area contributed by atoms with E-state index in [1.807, 2.05) is 0 Å². The molecule has 0 aromatic carbocycles. The van der Waals surface area contributed by atoms with E-state index in [4.69, 9.17) is 4.52 Å². The van der Waals surface area contributed by atoms with Crippen LogP contribution >= 0.6 is 0 Å². The highest BCUT2D eigenvalue weighted by molar-refractivity contribution is 5.09. The predicted octanol–water partition coefficient (Wildman–Crippen LogP) is 1.20. The Morgan fingerprint density at radius 3 is 3.00 bits per heavy atom. The minimum Gasteiger partial charge on any atom is -0.386 e. The van der Waals surface area contributed by atoms with Gasteiger partial charge < -0.3 is 9.63 Å². The van der Waals surface area contributed by atoms with E-state index in [0.29, 0.717) is 24.1 Å². The van der Waals surface area contributed by atoms with E-state index in [-0.39, 0.29) is 0 Å². The van der Waals surface area contributed by atoms with Crippen molar-refractivity contribution >= 4 is 0 Å². The number of hydrogen-bond acceptors (Lipinski definition) is 5.